The van der Waals surface area contributed by atoms with Crippen molar-refractivity contribution in [1.82, 2.24) is 14.7 Å². The van der Waals surface area contributed by atoms with Gasteiger partial charge in [0.1, 0.15) is 5.78 Å². The van der Waals surface area contributed by atoms with Crippen molar-refractivity contribution in [3.63, 3.8) is 0 Å². The summed E-state index contributed by atoms with van der Waals surface area (Å²) in [6, 6.07) is 1.34. The zero-order valence-corrected chi connectivity index (χ0v) is 12.4. The van der Waals surface area contributed by atoms with Gasteiger partial charge in [-0.1, -0.05) is 0 Å². The lowest BCUT2D eigenvalue weighted by Crippen LogP contribution is -2.46. The summed E-state index contributed by atoms with van der Waals surface area (Å²) >= 11 is 0. The molecule has 20 heavy (non-hydrogen) atoms. The molecule has 5 heteroatoms. The lowest BCUT2D eigenvalue weighted by atomic mass is 10.1. The van der Waals surface area contributed by atoms with Crippen molar-refractivity contribution in [2.24, 2.45) is 0 Å². The maximum Gasteiger partial charge on any atom is 0.236 e. The third-order valence-corrected chi connectivity index (χ3v) is 5.27. The van der Waals surface area contributed by atoms with E-state index in [-0.39, 0.29) is 5.91 Å². The molecule has 2 bridgehead atoms. The molecule has 3 fully saturated rings. The van der Waals surface area contributed by atoms with Gasteiger partial charge in [-0.15, -0.1) is 0 Å². The zero-order valence-electron chi connectivity index (χ0n) is 12.4. The summed E-state index contributed by atoms with van der Waals surface area (Å²) < 4.78 is 0. The molecule has 0 aromatic heterocycles. The Labute approximate surface area is 120 Å². The smallest absolute Gasteiger partial charge is 0.236 e. The molecule has 112 valence electrons. The number of likely N-dealkylation sites (tertiary alicyclic amines) is 2. The van der Waals surface area contributed by atoms with E-state index in [4.69, 9.17) is 0 Å². The van der Waals surface area contributed by atoms with E-state index >= 15 is 0 Å². The molecule has 1 amide bonds. The molecule has 0 spiro atoms. The highest BCUT2D eigenvalue weighted by Gasteiger charge is 2.35. The summed E-state index contributed by atoms with van der Waals surface area (Å²) in [6.07, 6.45) is 4.85. The molecule has 0 aliphatic carbocycles. The van der Waals surface area contributed by atoms with Crippen molar-refractivity contribution < 1.29 is 9.59 Å². The van der Waals surface area contributed by atoms with Gasteiger partial charge in [-0.05, 0) is 26.3 Å². The van der Waals surface area contributed by atoms with Gasteiger partial charge in [0.2, 0.25) is 5.91 Å². The lowest BCUT2D eigenvalue weighted by molar-refractivity contribution is -0.135. The number of Topliss-reactive ketones (excluding diaryl/α,β-unsaturated/α-hetero) is 1. The Kier molecular flexibility index (Phi) is 4.08. The Morgan fingerprint density at radius 3 is 2.55 bits per heavy atom. The summed E-state index contributed by atoms with van der Waals surface area (Å²) in [4.78, 5) is 30.3. The molecule has 0 aromatic rings. The summed E-state index contributed by atoms with van der Waals surface area (Å²) in [6.45, 7) is 3.83. The monoisotopic (exact) mass is 279 g/mol. The molecule has 3 rings (SSSR count). The number of amides is 1. The number of hydrogen-bond donors (Lipinski definition) is 0. The van der Waals surface area contributed by atoms with Gasteiger partial charge in [-0.3, -0.25) is 19.4 Å². The van der Waals surface area contributed by atoms with Crippen LogP contribution in [-0.2, 0) is 9.59 Å². The van der Waals surface area contributed by atoms with Gasteiger partial charge in [0.25, 0.3) is 0 Å². The fourth-order valence-electron chi connectivity index (χ4n) is 3.82. The van der Waals surface area contributed by atoms with Crippen molar-refractivity contribution in [3.8, 4) is 0 Å². The van der Waals surface area contributed by atoms with Crippen LogP contribution >= 0.6 is 0 Å². The van der Waals surface area contributed by atoms with Gasteiger partial charge >= 0.3 is 0 Å². The van der Waals surface area contributed by atoms with Crippen LogP contribution < -0.4 is 0 Å². The fraction of sp³-hybridized carbons (Fsp3) is 0.867. The van der Waals surface area contributed by atoms with E-state index in [2.05, 4.69) is 16.8 Å². The number of ketones is 1. The highest BCUT2D eigenvalue weighted by Crippen LogP contribution is 2.28. The number of carbonyl (C=O) groups is 2. The first kappa shape index (κ1) is 14.0. The molecule has 0 N–H and O–H groups in total. The van der Waals surface area contributed by atoms with Crippen LogP contribution in [0.15, 0.2) is 0 Å². The average Bonchev–Trinajstić information content (AvgIpc) is 2.68. The van der Waals surface area contributed by atoms with E-state index in [0.29, 0.717) is 50.3 Å². The van der Waals surface area contributed by atoms with E-state index in [1.807, 2.05) is 4.90 Å². The number of fused-ring (bicyclic) bond motifs is 2. The molecule has 5 nitrogen and oxygen atoms in total. The van der Waals surface area contributed by atoms with Crippen molar-refractivity contribution >= 4 is 11.7 Å². The van der Waals surface area contributed by atoms with Crippen LogP contribution in [0.3, 0.4) is 0 Å². The Morgan fingerprint density at radius 1 is 1.10 bits per heavy atom. The van der Waals surface area contributed by atoms with Gasteiger partial charge in [0.15, 0.2) is 0 Å². The van der Waals surface area contributed by atoms with Crippen LogP contribution in [0.5, 0.6) is 0 Å². The highest BCUT2D eigenvalue weighted by atomic mass is 16.2. The predicted molar refractivity (Wildman–Crippen MR) is 76.5 cm³/mol. The second kappa shape index (κ2) is 5.82. The van der Waals surface area contributed by atoms with Crippen LogP contribution in [0.25, 0.3) is 0 Å². The number of piperidine rings is 1. The van der Waals surface area contributed by atoms with Gasteiger partial charge in [0, 0.05) is 51.1 Å². The number of carbonyl (C=O) groups excluding carboxylic acids is 2. The van der Waals surface area contributed by atoms with Gasteiger partial charge in [0.05, 0.1) is 6.54 Å². The first-order valence-electron chi connectivity index (χ1n) is 7.87. The van der Waals surface area contributed by atoms with E-state index in [1.54, 1.807) is 0 Å². The quantitative estimate of drug-likeness (QED) is 0.731. The molecule has 3 saturated heterocycles. The van der Waals surface area contributed by atoms with Crippen LogP contribution in [0.2, 0.25) is 0 Å². The third-order valence-electron chi connectivity index (χ3n) is 5.27. The second-order valence-electron chi connectivity index (χ2n) is 6.49. The fourth-order valence-corrected chi connectivity index (χ4v) is 3.82. The largest absolute Gasteiger partial charge is 0.341 e. The van der Waals surface area contributed by atoms with Gasteiger partial charge in [-0.2, -0.15) is 0 Å². The van der Waals surface area contributed by atoms with Gasteiger partial charge in [-0.25, -0.2) is 0 Å². The van der Waals surface area contributed by atoms with E-state index in [9.17, 15) is 9.59 Å². The second-order valence-corrected chi connectivity index (χ2v) is 6.49. The van der Waals surface area contributed by atoms with E-state index in [1.165, 1.54) is 19.3 Å². The molecule has 3 aliphatic heterocycles. The molecule has 3 heterocycles. The molecule has 2 atom stereocenters. The number of nitrogens with zero attached hydrogens (tertiary/aromatic N) is 3. The maximum atomic E-state index is 12.3. The molecular formula is C15H25N3O2. The van der Waals surface area contributed by atoms with Crippen molar-refractivity contribution in [3.05, 3.63) is 0 Å². The minimum absolute atomic E-state index is 0.206. The first-order chi connectivity index (χ1) is 9.63. The Balaban J connectivity index is 1.53. The molecule has 3 aliphatic rings. The topological polar surface area (TPSA) is 43.9 Å². The van der Waals surface area contributed by atoms with Crippen LogP contribution in [0, 0.1) is 0 Å². The SMILES string of the molecule is CN1C2CCC1CN(CC(=O)N1CCC(=O)CC1)CC2. The van der Waals surface area contributed by atoms with Crippen molar-refractivity contribution in [1.29, 1.82) is 0 Å². The minimum Gasteiger partial charge on any atom is -0.341 e. The van der Waals surface area contributed by atoms with Crippen molar-refractivity contribution in [2.45, 2.75) is 44.2 Å². The summed E-state index contributed by atoms with van der Waals surface area (Å²) in [5.41, 5.74) is 0. The summed E-state index contributed by atoms with van der Waals surface area (Å²) in [5.74, 6) is 0.501. The minimum atomic E-state index is 0.206. The number of hydrogen-bond acceptors (Lipinski definition) is 4. The van der Waals surface area contributed by atoms with Gasteiger partial charge < -0.3 is 4.90 Å². The summed E-state index contributed by atoms with van der Waals surface area (Å²) in [5, 5.41) is 0. The highest BCUT2D eigenvalue weighted by molar-refractivity contribution is 5.84. The number of likely N-dealkylation sites (N-methyl/N-ethyl adjacent to an activating group) is 1. The average molecular weight is 279 g/mol. The Hall–Kier alpha value is -0.940. The lowest BCUT2D eigenvalue weighted by Gasteiger charge is -2.30. The maximum absolute atomic E-state index is 12.3. The number of rotatable bonds is 2. The molecule has 2 unspecified atom stereocenters. The molecule has 0 radical (unpaired) electrons. The van der Waals surface area contributed by atoms with E-state index < -0.39 is 0 Å². The third kappa shape index (κ3) is 2.88. The van der Waals surface area contributed by atoms with Crippen LogP contribution in [0.4, 0.5) is 0 Å². The predicted octanol–water partition coefficient (Wildman–Crippen LogP) is 0.346. The molecule has 0 saturated carbocycles. The standard InChI is InChI=1S/C15H25N3O2/c1-16-12-2-3-13(16)10-17(7-4-12)11-15(20)18-8-5-14(19)6-9-18/h12-13H,2-11H2,1H3. The van der Waals surface area contributed by atoms with Crippen LogP contribution in [-0.4, -0.2) is 78.2 Å². The molecule has 0 aromatic carbocycles. The Bertz CT molecular complexity index is 389. The summed E-state index contributed by atoms with van der Waals surface area (Å²) in [7, 11) is 2.23. The molecular weight excluding hydrogens is 254 g/mol. The zero-order chi connectivity index (χ0) is 14.1. The first-order valence-corrected chi connectivity index (χ1v) is 7.87. The van der Waals surface area contributed by atoms with Crippen LogP contribution in [0.1, 0.15) is 32.1 Å². The Morgan fingerprint density at radius 2 is 1.80 bits per heavy atom. The van der Waals surface area contributed by atoms with Crippen molar-refractivity contribution in [2.75, 3.05) is 39.8 Å². The van der Waals surface area contributed by atoms with E-state index in [0.717, 1.165) is 13.1 Å². The normalized spacial score (nSPS) is 32.5.